The van der Waals surface area contributed by atoms with Crippen LogP contribution in [0.5, 0.6) is 0 Å². The fourth-order valence-electron chi connectivity index (χ4n) is 4.35. The van der Waals surface area contributed by atoms with Crippen LogP contribution in [0.3, 0.4) is 0 Å². The summed E-state index contributed by atoms with van der Waals surface area (Å²) in [6.07, 6.45) is 14.0. The van der Waals surface area contributed by atoms with Gasteiger partial charge >= 0.3 is 15.0 Å². The van der Waals surface area contributed by atoms with Gasteiger partial charge in [0.1, 0.15) is 0 Å². The third-order valence-corrected chi connectivity index (χ3v) is 9.32. The molecule has 0 aromatic carbocycles. The number of ether oxygens (including phenoxy) is 1. The fourth-order valence-corrected chi connectivity index (χ4v) is 6.10. The summed E-state index contributed by atoms with van der Waals surface area (Å²) in [7, 11) is 2.49. The van der Waals surface area contributed by atoms with Crippen molar-refractivity contribution >= 4 is 8.80 Å². The Morgan fingerprint density at radius 1 is 0.594 bits per heavy atom. The molecule has 192 valence electrons. The summed E-state index contributed by atoms with van der Waals surface area (Å²) in [5.41, 5.74) is 0. The summed E-state index contributed by atoms with van der Waals surface area (Å²) >= 11 is 0. The zero-order valence-corrected chi connectivity index (χ0v) is 21.6. The molecule has 4 nitrogen and oxygen atoms in total. The smallest absolute Gasteiger partial charge is 0.377 e. The molecule has 0 aromatic heterocycles. The first-order valence-corrected chi connectivity index (χ1v) is 14.7. The molecule has 0 aromatic rings. The quantitative estimate of drug-likeness (QED) is 0.0892. The van der Waals surface area contributed by atoms with E-state index in [0.29, 0.717) is 18.6 Å². The second kappa shape index (κ2) is 17.3. The average molecular weight is 485 g/mol. The summed E-state index contributed by atoms with van der Waals surface area (Å²) in [4.78, 5) is 0. The Hall–Kier alpha value is -0.153. The normalized spacial score (nSPS) is 18.9. The topological polar surface area (TPSA) is 40.2 Å². The maximum atomic E-state index is 12.0. The molecule has 2 unspecified atom stereocenters. The predicted octanol–water partition coefficient (Wildman–Crippen LogP) is 7.83. The van der Waals surface area contributed by atoms with Gasteiger partial charge in [0.2, 0.25) is 0 Å². The second-order valence-electron chi connectivity index (χ2n) is 9.15. The minimum absolute atomic E-state index is 0.289. The molecule has 1 fully saturated rings. The van der Waals surface area contributed by atoms with E-state index in [2.05, 4.69) is 0 Å². The van der Waals surface area contributed by atoms with Crippen LogP contribution in [0.4, 0.5) is 13.2 Å². The van der Waals surface area contributed by atoms with Crippen molar-refractivity contribution in [1.82, 2.24) is 0 Å². The zero-order chi connectivity index (χ0) is 23.7. The molecule has 0 amide bonds. The van der Waals surface area contributed by atoms with Gasteiger partial charge in [-0.2, -0.15) is 13.2 Å². The standard InChI is InChI=1S/C24H47F3O4Si/c1-28-32(29-2,30-3)21-19-23-22(31-23)18-16-14-12-10-8-6-4-5-7-9-11-13-15-17-20-24(25,26)27/h22-23H,4-21H2,1-3H3. The van der Waals surface area contributed by atoms with Crippen molar-refractivity contribution in [2.24, 2.45) is 0 Å². The molecule has 1 rings (SSSR count). The van der Waals surface area contributed by atoms with Crippen molar-refractivity contribution in [1.29, 1.82) is 0 Å². The van der Waals surface area contributed by atoms with Gasteiger partial charge in [0.15, 0.2) is 0 Å². The number of halogens is 3. The van der Waals surface area contributed by atoms with Crippen molar-refractivity contribution in [3.05, 3.63) is 0 Å². The van der Waals surface area contributed by atoms with Gasteiger partial charge in [0, 0.05) is 33.8 Å². The van der Waals surface area contributed by atoms with E-state index in [1.54, 1.807) is 21.3 Å². The number of epoxide rings is 1. The highest BCUT2D eigenvalue weighted by atomic mass is 28.4. The van der Waals surface area contributed by atoms with Gasteiger partial charge in [-0.1, -0.05) is 83.5 Å². The van der Waals surface area contributed by atoms with Crippen LogP contribution in [0.2, 0.25) is 6.04 Å². The van der Waals surface area contributed by atoms with E-state index in [0.717, 1.165) is 31.7 Å². The number of unbranched alkanes of at least 4 members (excludes halogenated alkanes) is 13. The van der Waals surface area contributed by atoms with E-state index in [1.165, 1.54) is 64.2 Å². The van der Waals surface area contributed by atoms with Gasteiger partial charge in [-0.25, -0.2) is 0 Å². The summed E-state index contributed by atoms with van der Waals surface area (Å²) in [5.74, 6) is 0. The lowest BCUT2D eigenvalue weighted by Gasteiger charge is -2.23. The first-order valence-electron chi connectivity index (χ1n) is 12.7. The number of hydrogen-bond donors (Lipinski definition) is 0. The Kier molecular flexibility index (Phi) is 16.2. The highest BCUT2D eigenvalue weighted by molar-refractivity contribution is 6.60. The van der Waals surface area contributed by atoms with Crippen molar-refractivity contribution < 1.29 is 31.2 Å². The fraction of sp³-hybridized carbons (Fsp3) is 1.00. The van der Waals surface area contributed by atoms with Crippen molar-refractivity contribution in [2.45, 2.75) is 134 Å². The van der Waals surface area contributed by atoms with Crippen LogP contribution in [0.15, 0.2) is 0 Å². The summed E-state index contributed by atoms with van der Waals surface area (Å²) in [6.45, 7) is 0. The molecule has 1 heterocycles. The molecular formula is C24H47F3O4Si. The molecule has 0 N–H and O–H groups in total. The molecule has 0 aliphatic carbocycles. The molecule has 1 aliphatic heterocycles. The maximum absolute atomic E-state index is 12.0. The van der Waals surface area contributed by atoms with E-state index in [4.69, 9.17) is 18.0 Å². The minimum Gasteiger partial charge on any atom is -0.377 e. The molecule has 0 saturated carbocycles. The van der Waals surface area contributed by atoms with Crippen molar-refractivity contribution in [3.8, 4) is 0 Å². The van der Waals surface area contributed by atoms with Gasteiger partial charge in [-0.15, -0.1) is 0 Å². The highest BCUT2D eigenvalue weighted by Gasteiger charge is 2.44. The highest BCUT2D eigenvalue weighted by Crippen LogP contribution is 2.33. The van der Waals surface area contributed by atoms with Gasteiger partial charge in [-0.3, -0.25) is 0 Å². The Morgan fingerprint density at radius 2 is 0.969 bits per heavy atom. The van der Waals surface area contributed by atoms with Crippen LogP contribution in [0.25, 0.3) is 0 Å². The molecule has 1 saturated heterocycles. The summed E-state index contributed by atoms with van der Waals surface area (Å²) in [6, 6.07) is 0.805. The van der Waals surface area contributed by atoms with Crippen LogP contribution >= 0.6 is 0 Å². The predicted molar refractivity (Wildman–Crippen MR) is 125 cm³/mol. The molecule has 32 heavy (non-hydrogen) atoms. The van der Waals surface area contributed by atoms with E-state index in [-0.39, 0.29) is 6.42 Å². The first kappa shape index (κ1) is 29.9. The van der Waals surface area contributed by atoms with Crippen LogP contribution in [-0.4, -0.2) is 48.5 Å². The van der Waals surface area contributed by atoms with E-state index >= 15 is 0 Å². The lowest BCUT2D eigenvalue weighted by atomic mass is 10.0. The second-order valence-corrected chi connectivity index (χ2v) is 12.2. The lowest BCUT2D eigenvalue weighted by molar-refractivity contribution is -0.135. The monoisotopic (exact) mass is 484 g/mol. The van der Waals surface area contributed by atoms with Crippen LogP contribution < -0.4 is 0 Å². The molecule has 0 radical (unpaired) electrons. The molecule has 0 bridgehead atoms. The van der Waals surface area contributed by atoms with Gasteiger partial charge in [0.05, 0.1) is 12.2 Å². The largest absolute Gasteiger partial charge is 0.500 e. The van der Waals surface area contributed by atoms with E-state index in [1.807, 2.05) is 0 Å². The van der Waals surface area contributed by atoms with Crippen LogP contribution in [0.1, 0.15) is 109 Å². The SMILES string of the molecule is CO[Si](CCC1OC1CCCCCCCCCCCCCCCCC(F)(F)F)(OC)OC. The van der Waals surface area contributed by atoms with Gasteiger partial charge in [0.25, 0.3) is 0 Å². The molecule has 1 aliphatic rings. The van der Waals surface area contributed by atoms with Gasteiger partial charge < -0.3 is 18.0 Å². The van der Waals surface area contributed by atoms with Crippen molar-refractivity contribution in [3.63, 3.8) is 0 Å². The Morgan fingerprint density at radius 3 is 1.38 bits per heavy atom. The van der Waals surface area contributed by atoms with Crippen LogP contribution in [-0.2, 0) is 18.0 Å². The third-order valence-electron chi connectivity index (χ3n) is 6.55. The van der Waals surface area contributed by atoms with Crippen molar-refractivity contribution in [2.75, 3.05) is 21.3 Å². The Bertz CT molecular complexity index is 439. The summed E-state index contributed by atoms with van der Waals surface area (Å²) in [5, 5.41) is 0. The first-order chi connectivity index (χ1) is 15.4. The van der Waals surface area contributed by atoms with Crippen LogP contribution in [0, 0.1) is 0 Å². The zero-order valence-electron chi connectivity index (χ0n) is 20.6. The summed E-state index contributed by atoms with van der Waals surface area (Å²) < 4.78 is 58.3. The molecule has 2 atom stereocenters. The number of rotatable bonds is 22. The van der Waals surface area contributed by atoms with Gasteiger partial charge in [-0.05, 0) is 19.3 Å². The number of hydrogen-bond acceptors (Lipinski definition) is 4. The number of alkyl halides is 3. The average Bonchev–Trinajstić information content (AvgIpc) is 3.52. The van der Waals surface area contributed by atoms with E-state index < -0.39 is 21.4 Å². The maximum Gasteiger partial charge on any atom is 0.500 e. The molecule has 0 spiro atoms. The lowest BCUT2D eigenvalue weighted by Crippen LogP contribution is -2.42. The Balaban J connectivity index is 1.78. The minimum atomic E-state index is -3.98. The third kappa shape index (κ3) is 14.9. The molecular weight excluding hydrogens is 437 g/mol. The Labute approximate surface area is 195 Å². The van der Waals surface area contributed by atoms with E-state index in [9.17, 15) is 13.2 Å². The molecule has 8 heteroatoms.